The first-order chi connectivity index (χ1) is 11.5. The number of benzene rings is 1. The number of hydrogen-bond acceptors (Lipinski definition) is 5. The number of carbonyl (C=O) groups excluding carboxylic acids is 3. The molecular weight excluding hydrogens is 308 g/mol. The second kappa shape index (κ2) is 8.08. The van der Waals surface area contributed by atoms with Gasteiger partial charge in [0.25, 0.3) is 0 Å². The van der Waals surface area contributed by atoms with E-state index in [0.29, 0.717) is 6.61 Å². The summed E-state index contributed by atoms with van der Waals surface area (Å²) >= 11 is 0. The lowest BCUT2D eigenvalue weighted by atomic mass is 9.67. The first kappa shape index (κ1) is 18.2. The van der Waals surface area contributed by atoms with Crippen LogP contribution in [0.1, 0.15) is 43.7 Å². The molecule has 1 aromatic carbocycles. The lowest BCUT2D eigenvalue weighted by Crippen LogP contribution is -2.37. The molecule has 0 spiro atoms. The van der Waals surface area contributed by atoms with Crippen LogP contribution in [0.5, 0.6) is 0 Å². The summed E-state index contributed by atoms with van der Waals surface area (Å²) in [6.07, 6.45) is 1.76. The molecule has 2 rings (SSSR count). The Bertz CT molecular complexity index is 622. The predicted molar refractivity (Wildman–Crippen MR) is 88.4 cm³/mol. The molecule has 1 aliphatic rings. The molecule has 24 heavy (non-hydrogen) atoms. The van der Waals surface area contributed by atoms with E-state index in [1.165, 1.54) is 14.0 Å². The van der Waals surface area contributed by atoms with Crippen molar-refractivity contribution in [3.05, 3.63) is 35.4 Å². The average Bonchev–Trinajstić information content (AvgIpc) is 2.56. The highest BCUT2D eigenvalue weighted by Gasteiger charge is 2.42. The van der Waals surface area contributed by atoms with Gasteiger partial charge in [-0.3, -0.25) is 14.4 Å². The summed E-state index contributed by atoms with van der Waals surface area (Å²) in [6.45, 7) is 3.48. The Hall–Kier alpha value is -2.17. The maximum Gasteiger partial charge on any atom is 0.316 e. The Labute approximate surface area is 142 Å². The van der Waals surface area contributed by atoms with Gasteiger partial charge in [0.05, 0.1) is 13.7 Å². The molecule has 3 unspecified atom stereocenters. The van der Waals surface area contributed by atoms with Crippen LogP contribution in [0.25, 0.3) is 0 Å². The number of esters is 2. The SMILES string of the molecule is CCOC(=O)CC1CCc2ccccc2C1C(C(C)=O)C(=O)OC. The molecule has 0 aliphatic heterocycles. The third-order valence-corrected chi connectivity index (χ3v) is 4.69. The van der Waals surface area contributed by atoms with Crippen LogP contribution in [-0.4, -0.2) is 31.4 Å². The van der Waals surface area contributed by atoms with E-state index in [0.717, 1.165) is 24.0 Å². The molecule has 1 aromatic rings. The molecule has 0 saturated heterocycles. The van der Waals surface area contributed by atoms with Gasteiger partial charge < -0.3 is 9.47 Å². The van der Waals surface area contributed by atoms with Crippen LogP contribution in [0.4, 0.5) is 0 Å². The highest BCUT2D eigenvalue weighted by atomic mass is 16.5. The molecule has 0 fully saturated rings. The van der Waals surface area contributed by atoms with Crippen molar-refractivity contribution < 1.29 is 23.9 Å². The number of rotatable bonds is 6. The normalized spacial score (nSPS) is 20.6. The molecule has 0 heterocycles. The second-order valence-corrected chi connectivity index (χ2v) is 6.14. The molecule has 5 nitrogen and oxygen atoms in total. The lowest BCUT2D eigenvalue weighted by molar-refractivity contribution is -0.152. The van der Waals surface area contributed by atoms with E-state index in [2.05, 4.69) is 0 Å². The minimum atomic E-state index is -0.893. The third-order valence-electron chi connectivity index (χ3n) is 4.69. The van der Waals surface area contributed by atoms with Crippen LogP contribution in [0.3, 0.4) is 0 Å². The fourth-order valence-corrected chi connectivity index (χ4v) is 3.67. The second-order valence-electron chi connectivity index (χ2n) is 6.14. The number of carbonyl (C=O) groups is 3. The maximum atomic E-state index is 12.3. The number of fused-ring (bicyclic) bond motifs is 1. The van der Waals surface area contributed by atoms with Crippen molar-refractivity contribution in [1.29, 1.82) is 0 Å². The molecule has 0 bridgehead atoms. The van der Waals surface area contributed by atoms with E-state index >= 15 is 0 Å². The standard InChI is InChI=1S/C19H24O5/c1-4-24-16(21)11-14-10-9-13-7-5-6-8-15(13)18(14)17(12(2)20)19(22)23-3/h5-8,14,17-18H,4,9-11H2,1-3H3. The zero-order chi connectivity index (χ0) is 17.7. The van der Waals surface area contributed by atoms with Gasteiger partial charge in [0.2, 0.25) is 0 Å². The van der Waals surface area contributed by atoms with Gasteiger partial charge in [-0.25, -0.2) is 0 Å². The molecule has 0 aromatic heterocycles. The van der Waals surface area contributed by atoms with Crippen molar-refractivity contribution in [2.45, 2.75) is 39.0 Å². The van der Waals surface area contributed by atoms with Crippen molar-refractivity contribution in [3.63, 3.8) is 0 Å². The minimum Gasteiger partial charge on any atom is -0.468 e. The van der Waals surface area contributed by atoms with Gasteiger partial charge in [0, 0.05) is 12.3 Å². The van der Waals surface area contributed by atoms with Crippen molar-refractivity contribution in [2.75, 3.05) is 13.7 Å². The lowest BCUT2D eigenvalue weighted by Gasteiger charge is -2.36. The van der Waals surface area contributed by atoms with Gasteiger partial charge in [-0.15, -0.1) is 0 Å². The van der Waals surface area contributed by atoms with E-state index < -0.39 is 11.9 Å². The van der Waals surface area contributed by atoms with Crippen LogP contribution in [0, 0.1) is 11.8 Å². The van der Waals surface area contributed by atoms with Crippen LogP contribution >= 0.6 is 0 Å². The number of Topliss-reactive ketones (excluding diaryl/α,β-unsaturated/α-hetero) is 1. The molecule has 0 saturated carbocycles. The van der Waals surface area contributed by atoms with Gasteiger partial charge >= 0.3 is 11.9 Å². The van der Waals surface area contributed by atoms with Crippen LogP contribution < -0.4 is 0 Å². The molecule has 0 radical (unpaired) electrons. The van der Waals surface area contributed by atoms with Gasteiger partial charge in [-0.05, 0) is 43.7 Å². The van der Waals surface area contributed by atoms with Gasteiger partial charge in [-0.2, -0.15) is 0 Å². The molecule has 130 valence electrons. The Morgan fingerprint density at radius 1 is 1.25 bits per heavy atom. The Balaban J connectivity index is 2.42. The van der Waals surface area contributed by atoms with Gasteiger partial charge in [0.1, 0.15) is 11.7 Å². The molecule has 0 N–H and O–H groups in total. The maximum absolute atomic E-state index is 12.3. The fraction of sp³-hybridized carbons (Fsp3) is 0.526. The molecular formula is C19H24O5. The highest BCUT2D eigenvalue weighted by molar-refractivity contribution is 5.99. The smallest absolute Gasteiger partial charge is 0.316 e. The first-order valence-corrected chi connectivity index (χ1v) is 8.31. The summed E-state index contributed by atoms with van der Waals surface area (Å²) in [5.74, 6) is -2.44. The van der Waals surface area contributed by atoms with Crippen molar-refractivity contribution in [1.82, 2.24) is 0 Å². The number of ether oxygens (including phenoxy) is 2. The molecule has 1 aliphatic carbocycles. The van der Waals surface area contributed by atoms with E-state index in [1.54, 1.807) is 6.92 Å². The number of aryl methyl sites for hydroxylation is 1. The largest absolute Gasteiger partial charge is 0.468 e. The van der Waals surface area contributed by atoms with Gasteiger partial charge in [-0.1, -0.05) is 24.3 Å². The number of ketones is 1. The number of methoxy groups -OCH3 is 1. The molecule has 0 amide bonds. The number of hydrogen-bond donors (Lipinski definition) is 0. The first-order valence-electron chi connectivity index (χ1n) is 8.31. The Morgan fingerprint density at radius 3 is 2.58 bits per heavy atom. The topological polar surface area (TPSA) is 69.7 Å². The van der Waals surface area contributed by atoms with Crippen LogP contribution in [-0.2, 0) is 30.3 Å². The van der Waals surface area contributed by atoms with E-state index in [4.69, 9.17) is 9.47 Å². The van der Waals surface area contributed by atoms with Crippen molar-refractivity contribution >= 4 is 17.7 Å². The summed E-state index contributed by atoms with van der Waals surface area (Å²) in [5.41, 5.74) is 2.08. The Kier molecular flexibility index (Phi) is 6.12. The molecule has 3 atom stereocenters. The molecule has 5 heteroatoms. The zero-order valence-electron chi connectivity index (χ0n) is 14.4. The van der Waals surface area contributed by atoms with E-state index in [1.807, 2.05) is 24.3 Å². The zero-order valence-corrected chi connectivity index (χ0v) is 14.4. The Morgan fingerprint density at radius 2 is 1.96 bits per heavy atom. The summed E-state index contributed by atoms with van der Waals surface area (Å²) < 4.78 is 9.93. The highest BCUT2D eigenvalue weighted by Crippen LogP contribution is 2.43. The monoisotopic (exact) mass is 332 g/mol. The average molecular weight is 332 g/mol. The summed E-state index contributed by atoms with van der Waals surface area (Å²) in [5, 5.41) is 0. The van der Waals surface area contributed by atoms with Gasteiger partial charge in [0.15, 0.2) is 0 Å². The van der Waals surface area contributed by atoms with E-state index in [-0.39, 0.29) is 30.0 Å². The third kappa shape index (κ3) is 3.83. The summed E-state index contributed by atoms with van der Waals surface area (Å²) in [7, 11) is 1.29. The van der Waals surface area contributed by atoms with Crippen LogP contribution in [0.15, 0.2) is 24.3 Å². The summed E-state index contributed by atoms with van der Waals surface area (Å²) in [4.78, 5) is 36.4. The summed E-state index contributed by atoms with van der Waals surface area (Å²) in [6, 6.07) is 7.79. The quantitative estimate of drug-likeness (QED) is 0.592. The fourth-order valence-electron chi connectivity index (χ4n) is 3.67. The van der Waals surface area contributed by atoms with E-state index in [9.17, 15) is 14.4 Å². The van der Waals surface area contributed by atoms with Crippen molar-refractivity contribution in [2.24, 2.45) is 11.8 Å². The predicted octanol–water partition coefficient (Wildman–Crippen LogP) is 2.66. The minimum absolute atomic E-state index is 0.119. The van der Waals surface area contributed by atoms with Crippen LogP contribution in [0.2, 0.25) is 0 Å². The van der Waals surface area contributed by atoms with Crippen molar-refractivity contribution in [3.8, 4) is 0 Å².